The number of para-hydroxylation sites is 1. The van der Waals surface area contributed by atoms with E-state index in [1.54, 1.807) is 19.9 Å². The Hall–Kier alpha value is -2.55. The fourth-order valence-electron chi connectivity index (χ4n) is 3.28. The Morgan fingerprint density at radius 1 is 1.33 bits per heavy atom. The van der Waals surface area contributed by atoms with Gasteiger partial charge in [0.15, 0.2) is 5.82 Å². The van der Waals surface area contributed by atoms with E-state index in [2.05, 4.69) is 26.4 Å². The average Bonchev–Trinajstić information content (AvgIpc) is 3.14. The van der Waals surface area contributed by atoms with Crippen molar-refractivity contribution in [2.24, 2.45) is 0 Å². The van der Waals surface area contributed by atoms with Gasteiger partial charge in [-0.2, -0.15) is 8.78 Å². The highest BCUT2D eigenvalue weighted by molar-refractivity contribution is 9.10. The number of alkyl halides is 3. The van der Waals surface area contributed by atoms with Gasteiger partial charge in [0, 0.05) is 11.3 Å². The number of nitrogens with zero attached hydrogens (tertiary/aromatic N) is 2. The van der Waals surface area contributed by atoms with Crippen LogP contribution < -0.4 is 5.32 Å². The van der Waals surface area contributed by atoms with Gasteiger partial charge in [0.1, 0.15) is 10.2 Å². The number of nitrogens with one attached hydrogen (secondary N) is 1. The maximum absolute atomic E-state index is 14.9. The summed E-state index contributed by atoms with van der Waals surface area (Å²) in [4.78, 5) is 12.7. The number of carbonyl (C=O) groups excluding carboxylic acids is 1. The van der Waals surface area contributed by atoms with Crippen LogP contribution in [0.5, 0.6) is 0 Å². The van der Waals surface area contributed by atoms with Gasteiger partial charge in [0.05, 0.1) is 16.9 Å². The minimum atomic E-state index is -3.75. The third-order valence-corrected chi connectivity index (χ3v) is 5.49. The zero-order valence-electron chi connectivity index (χ0n) is 14.2. The predicted octanol–water partition coefficient (Wildman–Crippen LogP) is 5.21. The summed E-state index contributed by atoms with van der Waals surface area (Å²) >= 11 is 3.21. The van der Waals surface area contributed by atoms with E-state index in [9.17, 15) is 18.0 Å². The van der Waals surface area contributed by atoms with Crippen molar-refractivity contribution in [3.63, 3.8) is 0 Å². The van der Waals surface area contributed by atoms with E-state index in [1.165, 1.54) is 28.8 Å². The van der Waals surface area contributed by atoms with Gasteiger partial charge in [-0.3, -0.25) is 4.79 Å². The molecule has 0 bridgehead atoms. The first-order valence-corrected chi connectivity index (χ1v) is 8.80. The Morgan fingerprint density at radius 2 is 2.04 bits per heavy atom. The smallest absolute Gasteiger partial charge is 0.311 e. The molecule has 1 aliphatic rings. The molecule has 0 saturated carbocycles. The second-order valence-corrected chi connectivity index (χ2v) is 7.07. The lowest BCUT2D eigenvalue weighted by Gasteiger charge is -2.31. The highest BCUT2D eigenvalue weighted by atomic mass is 79.9. The number of halogens is 4. The van der Waals surface area contributed by atoms with Crippen molar-refractivity contribution in [2.75, 3.05) is 5.32 Å². The monoisotopic (exact) mass is 439 g/mol. The van der Waals surface area contributed by atoms with Gasteiger partial charge in [0.25, 0.3) is 5.91 Å². The summed E-state index contributed by atoms with van der Waals surface area (Å²) < 4.78 is 50.9. The highest BCUT2D eigenvalue weighted by Crippen LogP contribution is 2.51. The molecule has 1 amide bonds. The van der Waals surface area contributed by atoms with Gasteiger partial charge < -0.3 is 14.4 Å². The molecule has 0 aliphatic carbocycles. The molecular weight excluding hydrogens is 427 g/mol. The lowest BCUT2D eigenvalue weighted by Crippen LogP contribution is -2.31. The molecule has 0 spiro atoms. The molecule has 1 N–H and O–H groups in total. The van der Waals surface area contributed by atoms with Crippen LogP contribution >= 0.6 is 15.9 Å². The Labute approximate surface area is 160 Å². The maximum Gasteiger partial charge on any atom is 0.311 e. The quantitative estimate of drug-likeness (QED) is 0.595. The first-order chi connectivity index (χ1) is 12.7. The number of anilines is 1. The molecule has 140 valence electrons. The number of hydrogen-bond acceptors (Lipinski definition) is 3. The van der Waals surface area contributed by atoms with Crippen molar-refractivity contribution in [3.8, 4) is 5.69 Å². The molecule has 3 aromatic rings. The SMILES string of the molecule is Cc1onc(NC(=O)c2cc(C)n3c2C(F)C(F)(F)c2ccccc2-3)c1Br. The molecule has 3 heterocycles. The molecule has 0 fully saturated rings. The molecule has 5 nitrogen and oxygen atoms in total. The number of fused-ring (bicyclic) bond motifs is 3. The first-order valence-electron chi connectivity index (χ1n) is 8.00. The van der Waals surface area contributed by atoms with Crippen LogP contribution in [0.3, 0.4) is 0 Å². The van der Waals surface area contributed by atoms with Gasteiger partial charge in [0.2, 0.25) is 6.17 Å². The Balaban J connectivity index is 1.85. The Bertz CT molecular complexity index is 1070. The van der Waals surface area contributed by atoms with Gasteiger partial charge in [-0.25, -0.2) is 4.39 Å². The van der Waals surface area contributed by atoms with Crippen molar-refractivity contribution >= 4 is 27.7 Å². The summed E-state index contributed by atoms with van der Waals surface area (Å²) in [5.74, 6) is -3.98. The molecule has 1 unspecified atom stereocenters. The number of amides is 1. The number of rotatable bonds is 2. The second kappa shape index (κ2) is 5.98. The van der Waals surface area contributed by atoms with Crippen molar-refractivity contribution < 1.29 is 22.5 Å². The van der Waals surface area contributed by atoms with Crippen LogP contribution in [0.15, 0.2) is 39.3 Å². The van der Waals surface area contributed by atoms with Crippen molar-refractivity contribution in [2.45, 2.75) is 25.9 Å². The number of hydrogen-bond donors (Lipinski definition) is 1. The molecule has 1 aliphatic heterocycles. The van der Waals surface area contributed by atoms with Gasteiger partial charge >= 0.3 is 5.92 Å². The molecule has 0 saturated heterocycles. The van der Waals surface area contributed by atoms with Crippen LogP contribution in [-0.4, -0.2) is 15.6 Å². The topological polar surface area (TPSA) is 60.1 Å². The molecule has 9 heteroatoms. The number of carbonyl (C=O) groups is 1. The predicted molar refractivity (Wildman–Crippen MR) is 95.1 cm³/mol. The van der Waals surface area contributed by atoms with Crippen molar-refractivity contribution in [3.05, 3.63) is 63.1 Å². The van der Waals surface area contributed by atoms with Crippen molar-refractivity contribution in [1.29, 1.82) is 0 Å². The molecule has 2 aromatic heterocycles. The van der Waals surface area contributed by atoms with Crippen LogP contribution in [0.2, 0.25) is 0 Å². The standard InChI is InChI=1S/C18H13BrF3N3O2/c1-8-7-10(17(26)23-16-13(19)9(2)27-24-16)14-15(20)18(21,22)11-5-3-4-6-12(11)25(8)14/h3-7,15H,1-2H3,(H,23,24,26). The normalized spacial score (nSPS) is 17.3. The lowest BCUT2D eigenvalue weighted by atomic mass is 9.94. The minimum Gasteiger partial charge on any atom is -0.358 e. The van der Waals surface area contributed by atoms with Crippen LogP contribution in [0.1, 0.15) is 39.2 Å². The van der Waals surface area contributed by atoms with E-state index in [-0.39, 0.29) is 22.8 Å². The minimum absolute atomic E-state index is 0.0912. The Morgan fingerprint density at radius 3 is 2.70 bits per heavy atom. The molecule has 0 radical (unpaired) electrons. The lowest BCUT2D eigenvalue weighted by molar-refractivity contribution is -0.0871. The number of benzene rings is 1. The van der Waals surface area contributed by atoms with E-state index in [0.29, 0.717) is 15.9 Å². The van der Waals surface area contributed by atoms with E-state index < -0.39 is 23.6 Å². The van der Waals surface area contributed by atoms with Crippen LogP contribution in [-0.2, 0) is 5.92 Å². The van der Waals surface area contributed by atoms with Gasteiger partial charge in [-0.1, -0.05) is 23.4 Å². The Kier molecular flexibility index (Phi) is 3.95. The van der Waals surface area contributed by atoms with Crippen LogP contribution in [0, 0.1) is 13.8 Å². The van der Waals surface area contributed by atoms with Crippen molar-refractivity contribution in [1.82, 2.24) is 9.72 Å². The van der Waals surface area contributed by atoms with E-state index in [0.717, 1.165) is 0 Å². The summed E-state index contributed by atoms with van der Waals surface area (Å²) in [6.07, 6.45) is -2.66. The summed E-state index contributed by atoms with van der Waals surface area (Å²) in [5.41, 5.74) is -0.352. The van der Waals surface area contributed by atoms with Gasteiger partial charge in [-0.05, 0) is 41.9 Å². The number of aryl methyl sites for hydroxylation is 2. The van der Waals surface area contributed by atoms with E-state index >= 15 is 0 Å². The summed E-state index contributed by atoms with van der Waals surface area (Å²) in [6, 6.07) is 7.08. The zero-order chi connectivity index (χ0) is 19.5. The van der Waals surface area contributed by atoms with E-state index in [1.807, 2.05) is 0 Å². The van der Waals surface area contributed by atoms with E-state index in [4.69, 9.17) is 4.52 Å². The number of aromatic nitrogens is 2. The maximum atomic E-state index is 14.9. The molecule has 1 atom stereocenters. The summed E-state index contributed by atoms with van der Waals surface area (Å²) in [7, 11) is 0. The molecule has 27 heavy (non-hydrogen) atoms. The largest absolute Gasteiger partial charge is 0.358 e. The van der Waals surface area contributed by atoms with Crippen LogP contribution in [0.25, 0.3) is 5.69 Å². The highest BCUT2D eigenvalue weighted by Gasteiger charge is 2.51. The third kappa shape index (κ3) is 2.52. The summed E-state index contributed by atoms with van der Waals surface area (Å²) in [5, 5.41) is 6.15. The fourth-order valence-corrected chi connectivity index (χ4v) is 3.53. The molecule has 4 rings (SSSR count). The molecule has 1 aromatic carbocycles. The zero-order valence-corrected chi connectivity index (χ0v) is 15.8. The molecular formula is C18H13BrF3N3O2. The average molecular weight is 440 g/mol. The second-order valence-electron chi connectivity index (χ2n) is 6.28. The third-order valence-electron chi connectivity index (χ3n) is 4.55. The summed E-state index contributed by atoms with van der Waals surface area (Å²) in [6.45, 7) is 3.26. The van der Waals surface area contributed by atoms with Crippen LogP contribution in [0.4, 0.5) is 19.0 Å². The first kappa shape index (κ1) is 17.8. The fraction of sp³-hybridized carbons (Fsp3) is 0.222. The van der Waals surface area contributed by atoms with Gasteiger partial charge in [-0.15, -0.1) is 0 Å².